The van der Waals surface area contributed by atoms with Crippen LogP contribution in [0.5, 0.6) is 0 Å². The second kappa shape index (κ2) is 13.2. The molecule has 1 saturated heterocycles. The number of carboxylic acids is 1. The minimum atomic E-state index is -0.691. The summed E-state index contributed by atoms with van der Waals surface area (Å²) in [6.45, 7) is 2.27. The van der Waals surface area contributed by atoms with E-state index in [1.165, 1.54) is 70.6 Å². The van der Waals surface area contributed by atoms with Crippen molar-refractivity contribution in [1.82, 2.24) is 5.32 Å². The number of unbranched alkanes of at least 4 members (excludes halogenated alkanes) is 10. The molecule has 0 unspecified atom stereocenters. The Morgan fingerprint density at radius 3 is 2.09 bits per heavy atom. The zero-order valence-electron chi connectivity index (χ0n) is 14.3. The van der Waals surface area contributed by atoms with Crippen LogP contribution in [0.15, 0.2) is 0 Å². The van der Waals surface area contributed by atoms with Crippen molar-refractivity contribution in [3.05, 3.63) is 0 Å². The molecule has 0 spiro atoms. The fourth-order valence-electron chi connectivity index (χ4n) is 3.04. The van der Waals surface area contributed by atoms with Crippen molar-refractivity contribution in [3.63, 3.8) is 0 Å². The monoisotopic (exact) mass is 329 g/mol. The average Bonchev–Trinajstić information content (AvgIpc) is 2.53. The molecule has 1 aliphatic rings. The van der Waals surface area contributed by atoms with Gasteiger partial charge in [-0.1, -0.05) is 77.6 Å². The third kappa shape index (κ3) is 9.73. The standard InChI is InChI=1S/C18H35NO2S/c1-2-3-4-5-6-7-8-9-10-11-12-13-17-19-16(18(20)21)14-15-22-17/h16-17,19H,2-15H2,1H3,(H,20,21)/t16-,17-/m0/s1. The van der Waals surface area contributed by atoms with Gasteiger partial charge in [-0.2, -0.15) is 0 Å². The van der Waals surface area contributed by atoms with Crippen molar-refractivity contribution in [2.75, 3.05) is 5.75 Å². The third-order valence-electron chi connectivity index (χ3n) is 4.48. The van der Waals surface area contributed by atoms with Crippen molar-refractivity contribution in [2.45, 2.75) is 102 Å². The lowest BCUT2D eigenvalue weighted by Gasteiger charge is -2.28. The zero-order chi connectivity index (χ0) is 16.0. The number of hydrogen-bond acceptors (Lipinski definition) is 3. The van der Waals surface area contributed by atoms with Crippen LogP contribution in [0, 0.1) is 0 Å². The lowest BCUT2D eigenvalue weighted by Crippen LogP contribution is -2.45. The molecule has 0 aliphatic carbocycles. The van der Waals surface area contributed by atoms with Crippen LogP contribution in [0.4, 0.5) is 0 Å². The van der Waals surface area contributed by atoms with Gasteiger partial charge in [-0.05, 0) is 18.6 Å². The van der Waals surface area contributed by atoms with Crippen LogP contribution >= 0.6 is 11.8 Å². The molecule has 0 saturated carbocycles. The number of hydrogen-bond donors (Lipinski definition) is 2. The maximum absolute atomic E-state index is 11.0. The predicted octanol–water partition coefficient (Wildman–Crippen LogP) is 5.19. The van der Waals surface area contributed by atoms with Crippen LogP contribution in [0.3, 0.4) is 0 Å². The molecule has 1 heterocycles. The van der Waals surface area contributed by atoms with Gasteiger partial charge in [-0.15, -0.1) is 11.8 Å². The van der Waals surface area contributed by atoms with Crippen LogP contribution in [-0.2, 0) is 4.79 Å². The summed E-state index contributed by atoms with van der Waals surface area (Å²) < 4.78 is 0. The molecular formula is C18H35NO2S. The van der Waals surface area contributed by atoms with Crippen molar-refractivity contribution < 1.29 is 9.90 Å². The summed E-state index contributed by atoms with van der Waals surface area (Å²) >= 11 is 1.89. The van der Waals surface area contributed by atoms with Gasteiger partial charge < -0.3 is 5.11 Å². The molecule has 0 aromatic rings. The normalized spacial score (nSPS) is 21.9. The topological polar surface area (TPSA) is 49.3 Å². The molecule has 22 heavy (non-hydrogen) atoms. The Hall–Kier alpha value is -0.220. The van der Waals surface area contributed by atoms with Gasteiger partial charge in [0.05, 0.1) is 5.37 Å². The summed E-state index contributed by atoms with van der Waals surface area (Å²) in [6.07, 6.45) is 16.9. The van der Waals surface area contributed by atoms with Gasteiger partial charge in [-0.25, -0.2) is 0 Å². The van der Waals surface area contributed by atoms with Gasteiger partial charge in [0.2, 0.25) is 0 Å². The molecule has 0 aromatic heterocycles. The van der Waals surface area contributed by atoms with E-state index in [-0.39, 0.29) is 6.04 Å². The Morgan fingerprint density at radius 1 is 1.00 bits per heavy atom. The molecule has 1 aliphatic heterocycles. The SMILES string of the molecule is CCCCCCCCCCCCC[C@H]1N[C@H](C(=O)O)CCS1. The number of carbonyl (C=O) groups is 1. The van der Waals surface area contributed by atoms with Crippen molar-refractivity contribution in [1.29, 1.82) is 0 Å². The van der Waals surface area contributed by atoms with Crippen molar-refractivity contribution in [2.24, 2.45) is 0 Å². The van der Waals surface area contributed by atoms with E-state index in [1.807, 2.05) is 11.8 Å². The van der Waals surface area contributed by atoms with Gasteiger partial charge in [0.15, 0.2) is 0 Å². The van der Waals surface area contributed by atoms with Crippen LogP contribution < -0.4 is 5.32 Å². The Balaban J connectivity index is 1.86. The fraction of sp³-hybridized carbons (Fsp3) is 0.944. The first kappa shape index (κ1) is 19.8. The molecule has 2 atom stereocenters. The van der Waals surface area contributed by atoms with E-state index >= 15 is 0 Å². The maximum atomic E-state index is 11.0. The highest BCUT2D eigenvalue weighted by atomic mass is 32.2. The summed E-state index contributed by atoms with van der Waals surface area (Å²) in [5, 5.41) is 12.7. The second-order valence-corrected chi connectivity index (χ2v) is 7.84. The van der Waals surface area contributed by atoms with E-state index in [4.69, 9.17) is 5.11 Å². The molecule has 4 heteroatoms. The van der Waals surface area contributed by atoms with Crippen LogP contribution in [0.25, 0.3) is 0 Å². The molecular weight excluding hydrogens is 294 g/mol. The lowest BCUT2D eigenvalue weighted by atomic mass is 10.1. The minimum absolute atomic E-state index is 0.320. The number of nitrogens with one attached hydrogen (secondary N) is 1. The lowest BCUT2D eigenvalue weighted by molar-refractivity contribution is -0.139. The molecule has 0 bridgehead atoms. The first-order chi connectivity index (χ1) is 10.7. The van der Waals surface area contributed by atoms with Crippen LogP contribution in [-0.4, -0.2) is 28.2 Å². The molecule has 0 amide bonds. The van der Waals surface area contributed by atoms with E-state index in [1.54, 1.807) is 0 Å². The molecule has 1 fully saturated rings. The molecule has 130 valence electrons. The largest absolute Gasteiger partial charge is 0.480 e. The van der Waals surface area contributed by atoms with Crippen LogP contribution in [0.1, 0.15) is 90.4 Å². The van der Waals surface area contributed by atoms with Crippen molar-refractivity contribution in [3.8, 4) is 0 Å². The fourth-order valence-corrected chi connectivity index (χ4v) is 4.29. The summed E-state index contributed by atoms with van der Waals surface area (Å²) in [5.74, 6) is 0.288. The molecule has 1 rings (SSSR count). The number of rotatable bonds is 13. The summed E-state index contributed by atoms with van der Waals surface area (Å²) in [7, 11) is 0. The Bertz CT molecular complexity index is 286. The molecule has 3 nitrogen and oxygen atoms in total. The first-order valence-corrected chi connectivity index (χ1v) is 10.4. The highest BCUT2D eigenvalue weighted by Gasteiger charge is 2.25. The quantitative estimate of drug-likeness (QED) is 0.456. The molecule has 0 aromatic carbocycles. The summed E-state index contributed by atoms with van der Waals surface area (Å²) in [4.78, 5) is 11.0. The van der Waals surface area contributed by atoms with E-state index in [2.05, 4.69) is 12.2 Å². The van der Waals surface area contributed by atoms with Gasteiger partial charge in [0, 0.05) is 0 Å². The van der Waals surface area contributed by atoms with Gasteiger partial charge in [0.25, 0.3) is 0 Å². The van der Waals surface area contributed by atoms with E-state index in [9.17, 15) is 4.79 Å². The number of thioether (sulfide) groups is 1. The Kier molecular flexibility index (Phi) is 11.9. The van der Waals surface area contributed by atoms with E-state index < -0.39 is 5.97 Å². The highest BCUT2D eigenvalue weighted by molar-refractivity contribution is 7.99. The van der Waals surface area contributed by atoms with Gasteiger partial charge in [0.1, 0.15) is 6.04 Å². The molecule has 0 radical (unpaired) electrons. The van der Waals surface area contributed by atoms with Gasteiger partial charge in [-0.3, -0.25) is 10.1 Å². The van der Waals surface area contributed by atoms with E-state index in [0.29, 0.717) is 5.37 Å². The number of aliphatic carboxylic acids is 1. The average molecular weight is 330 g/mol. The zero-order valence-corrected chi connectivity index (χ0v) is 15.1. The summed E-state index contributed by atoms with van der Waals surface area (Å²) in [6, 6.07) is -0.320. The Labute approximate surface area is 141 Å². The molecule has 2 N–H and O–H groups in total. The van der Waals surface area contributed by atoms with Gasteiger partial charge >= 0.3 is 5.97 Å². The minimum Gasteiger partial charge on any atom is -0.480 e. The predicted molar refractivity (Wildman–Crippen MR) is 96.5 cm³/mol. The summed E-state index contributed by atoms with van der Waals surface area (Å²) in [5.41, 5.74) is 0. The van der Waals surface area contributed by atoms with E-state index in [0.717, 1.165) is 18.6 Å². The maximum Gasteiger partial charge on any atom is 0.320 e. The van der Waals surface area contributed by atoms with Crippen molar-refractivity contribution >= 4 is 17.7 Å². The smallest absolute Gasteiger partial charge is 0.320 e. The number of carboxylic acid groups (broad SMARTS) is 1. The second-order valence-electron chi connectivity index (χ2n) is 6.53. The highest BCUT2D eigenvalue weighted by Crippen LogP contribution is 2.23. The van der Waals surface area contributed by atoms with Crippen LogP contribution in [0.2, 0.25) is 0 Å². The Morgan fingerprint density at radius 2 is 1.55 bits per heavy atom. The third-order valence-corrected chi connectivity index (χ3v) is 5.73. The first-order valence-electron chi connectivity index (χ1n) is 9.34.